The molecular weight excluding hydrogens is 338 g/mol. The molecule has 4 N–H and O–H groups in total. The van der Waals surface area contributed by atoms with Crippen LogP contribution in [0.5, 0.6) is 0 Å². The highest BCUT2D eigenvalue weighted by Crippen LogP contribution is 2.61. The fraction of sp³-hybridized carbons (Fsp3) is 0.636. The summed E-state index contributed by atoms with van der Waals surface area (Å²) in [6, 6.07) is 8.73. The Hall–Kier alpha value is -2.04. The van der Waals surface area contributed by atoms with Crippen LogP contribution in [0.3, 0.4) is 0 Å². The number of benzene rings is 1. The second kappa shape index (κ2) is 7.17. The average Bonchev–Trinajstić information content (AvgIpc) is 2.60. The summed E-state index contributed by atoms with van der Waals surface area (Å²) in [7, 11) is 0. The average molecular weight is 370 g/mol. The van der Waals surface area contributed by atoms with Gasteiger partial charge in [0.2, 0.25) is 5.91 Å². The number of nitrogens with one attached hydrogen (secondary N) is 2. The second-order valence-corrected chi connectivity index (χ2v) is 9.25. The molecule has 5 rings (SSSR count). The number of nitrogens with two attached hydrogens (primary N) is 1. The number of hydrogen-bond acceptors (Lipinski definition) is 2. The van der Waals surface area contributed by atoms with Gasteiger partial charge in [-0.2, -0.15) is 0 Å². The molecule has 27 heavy (non-hydrogen) atoms. The predicted molar refractivity (Wildman–Crippen MR) is 105 cm³/mol. The van der Waals surface area contributed by atoms with Crippen LogP contribution in [0.2, 0.25) is 0 Å². The Bertz CT molecular complexity index is 667. The summed E-state index contributed by atoms with van der Waals surface area (Å²) in [6.45, 7) is 2.18. The van der Waals surface area contributed by atoms with Gasteiger partial charge in [-0.25, -0.2) is 4.79 Å². The first-order chi connectivity index (χ1) is 12.9. The zero-order valence-corrected chi connectivity index (χ0v) is 16.1. The normalized spacial score (nSPS) is 33.3. The smallest absolute Gasteiger partial charge is 0.312 e. The van der Waals surface area contributed by atoms with E-state index in [-0.39, 0.29) is 23.8 Å². The minimum Gasteiger partial charge on any atom is -0.353 e. The predicted octanol–water partition coefficient (Wildman–Crippen LogP) is 3.51. The van der Waals surface area contributed by atoms with E-state index in [1.165, 1.54) is 38.5 Å². The van der Waals surface area contributed by atoms with Crippen molar-refractivity contribution in [1.29, 1.82) is 0 Å². The van der Waals surface area contributed by atoms with Gasteiger partial charge in [-0.1, -0.05) is 30.3 Å². The SMILES string of the molecule is C[C@@H](NC(=O)C[C@H](NC(N)=O)c1ccccc1)C12CC3CC(CC(C3)C1)C2. The van der Waals surface area contributed by atoms with Crippen LogP contribution in [0.1, 0.15) is 63.5 Å². The molecule has 5 heteroatoms. The van der Waals surface area contributed by atoms with Gasteiger partial charge in [0, 0.05) is 6.04 Å². The molecule has 0 heterocycles. The monoisotopic (exact) mass is 369 g/mol. The minimum atomic E-state index is -0.606. The van der Waals surface area contributed by atoms with Crippen molar-refractivity contribution in [3.63, 3.8) is 0 Å². The maximum atomic E-state index is 12.8. The molecule has 0 saturated heterocycles. The van der Waals surface area contributed by atoms with E-state index < -0.39 is 12.1 Å². The van der Waals surface area contributed by atoms with Crippen molar-refractivity contribution in [3.8, 4) is 0 Å². The first-order valence-electron chi connectivity index (χ1n) is 10.3. The number of hydrogen-bond donors (Lipinski definition) is 3. The molecule has 0 aromatic heterocycles. The third-order valence-corrected chi connectivity index (χ3v) is 7.29. The van der Waals surface area contributed by atoms with E-state index in [0.717, 1.165) is 23.3 Å². The highest BCUT2D eigenvalue weighted by molar-refractivity contribution is 5.79. The number of amides is 3. The number of primary amides is 1. The van der Waals surface area contributed by atoms with E-state index in [1.807, 2.05) is 30.3 Å². The highest BCUT2D eigenvalue weighted by atomic mass is 16.2. The van der Waals surface area contributed by atoms with Crippen LogP contribution >= 0.6 is 0 Å². The van der Waals surface area contributed by atoms with Crippen molar-refractivity contribution in [1.82, 2.24) is 10.6 Å². The van der Waals surface area contributed by atoms with Gasteiger partial charge in [0.25, 0.3) is 0 Å². The summed E-state index contributed by atoms with van der Waals surface area (Å²) in [6.07, 6.45) is 8.21. The van der Waals surface area contributed by atoms with Gasteiger partial charge in [0.15, 0.2) is 0 Å². The Morgan fingerprint density at radius 2 is 1.59 bits per heavy atom. The first-order valence-corrected chi connectivity index (χ1v) is 10.3. The van der Waals surface area contributed by atoms with E-state index in [2.05, 4.69) is 17.6 Å². The molecule has 1 aromatic rings. The molecule has 4 saturated carbocycles. The summed E-state index contributed by atoms with van der Waals surface area (Å²) >= 11 is 0. The Morgan fingerprint density at radius 1 is 1.04 bits per heavy atom. The largest absolute Gasteiger partial charge is 0.353 e. The summed E-state index contributed by atoms with van der Waals surface area (Å²) < 4.78 is 0. The Kier molecular flexibility index (Phi) is 4.87. The Labute approximate surface area is 161 Å². The second-order valence-electron chi connectivity index (χ2n) is 9.25. The molecule has 146 valence electrons. The lowest BCUT2D eigenvalue weighted by atomic mass is 9.48. The maximum absolute atomic E-state index is 12.8. The van der Waals surface area contributed by atoms with Crippen LogP contribution in [0.25, 0.3) is 0 Å². The quantitative estimate of drug-likeness (QED) is 0.717. The minimum absolute atomic E-state index is 0.0131. The molecule has 4 aliphatic carbocycles. The first kappa shape index (κ1) is 18.3. The lowest BCUT2D eigenvalue weighted by Crippen LogP contribution is -2.56. The van der Waals surface area contributed by atoms with Crippen molar-refractivity contribution in [2.24, 2.45) is 28.9 Å². The summed E-state index contributed by atoms with van der Waals surface area (Å²) in [4.78, 5) is 24.2. The van der Waals surface area contributed by atoms with E-state index in [0.29, 0.717) is 0 Å². The lowest BCUT2D eigenvalue weighted by Gasteiger charge is -2.59. The van der Waals surface area contributed by atoms with Crippen molar-refractivity contribution in [3.05, 3.63) is 35.9 Å². The summed E-state index contributed by atoms with van der Waals surface area (Å²) in [5, 5.41) is 5.99. The molecule has 4 fully saturated rings. The molecule has 5 nitrogen and oxygen atoms in total. The van der Waals surface area contributed by atoms with Crippen LogP contribution in [0.15, 0.2) is 30.3 Å². The van der Waals surface area contributed by atoms with Crippen molar-refractivity contribution in [2.75, 3.05) is 0 Å². The van der Waals surface area contributed by atoms with Gasteiger partial charge in [-0.05, 0) is 74.2 Å². The molecule has 1 aromatic carbocycles. The molecule has 0 aliphatic heterocycles. The number of urea groups is 1. The third-order valence-electron chi connectivity index (χ3n) is 7.29. The molecule has 0 unspecified atom stereocenters. The van der Waals surface area contributed by atoms with Gasteiger partial charge in [0.05, 0.1) is 12.5 Å². The number of carbonyl (C=O) groups excluding carboxylic acids is 2. The fourth-order valence-electron chi connectivity index (χ4n) is 6.46. The topological polar surface area (TPSA) is 84.2 Å². The standard InChI is InChI=1S/C22H31N3O2/c1-14(22-11-15-7-16(12-22)9-17(8-15)13-22)24-20(26)10-19(25-21(23)27)18-5-3-2-4-6-18/h2-6,14-17,19H,7-13H2,1H3,(H,24,26)(H3,23,25,27)/t14-,15?,16?,17?,19+,22?/m1/s1. The van der Waals surface area contributed by atoms with Gasteiger partial charge >= 0.3 is 6.03 Å². The molecule has 0 radical (unpaired) electrons. The maximum Gasteiger partial charge on any atom is 0.312 e. The molecular formula is C22H31N3O2. The van der Waals surface area contributed by atoms with E-state index in [4.69, 9.17) is 5.73 Å². The van der Waals surface area contributed by atoms with Crippen molar-refractivity contribution < 1.29 is 9.59 Å². The van der Waals surface area contributed by atoms with E-state index in [1.54, 1.807) is 0 Å². The van der Waals surface area contributed by atoms with E-state index >= 15 is 0 Å². The highest BCUT2D eigenvalue weighted by Gasteiger charge is 2.53. The van der Waals surface area contributed by atoms with Crippen LogP contribution in [-0.2, 0) is 4.79 Å². The molecule has 4 aliphatic rings. The number of rotatable bonds is 6. The van der Waals surface area contributed by atoms with Gasteiger partial charge in [0.1, 0.15) is 0 Å². The molecule has 3 amide bonds. The zero-order chi connectivity index (χ0) is 19.0. The van der Waals surface area contributed by atoms with E-state index in [9.17, 15) is 9.59 Å². The van der Waals surface area contributed by atoms with Crippen LogP contribution in [0, 0.1) is 23.2 Å². The fourth-order valence-corrected chi connectivity index (χ4v) is 6.46. The molecule has 2 atom stereocenters. The number of carbonyl (C=O) groups is 2. The van der Waals surface area contributed by atoms with Gasteiger partial charge in [-0.3, -0.25) is 4.79 Å². The molecule has 0 spiro atoms. The van der Waals surface area contributed by atoms with Gasteiger partial charge in [-0.15, -0.1) is 0 Å². The van der Waals surface area contributed by atoms with Crippen molar-refractivity contribution >= 4 is 11.9 Å². The Morgan fingerprint density at radius 3 is 2.11 bits per heavy atom. The zero-order valence-electron chi connectivity index (χ0n) is 16.1. The van der Waals surface area contributed by atoms with Crippen LogP contribution in [0.4, 0.5) is 4.79 Å². The lowest BCUT2D eigenvalue weighted by molar-refractivity contribution is -0.126. The third kappa shape index (κ3) is 3.83. The van der Waals surface area contributed by atoms with Crippen LogP contribution < -0.4 is 16.4 Å². The summed E-state index contributed by atoms with van der Waals surface area (Å²) in [5.74, 6) is 2.58. The Balaban J connectivity index is 1.41. The summed E-state index contributed by atoms with van der Waals surface area (Å²) in [5.41, 5.74) is 6.51. The van der Waals surface area contributed by atoms with Gasteiger partial charge < -0.3 is 16.4 Å². The van der Waals surface area contributed by atoms with Crippen molar-refractivity contribution in [2.45, 2.75) is 64.0 Å². The molecule has 4 bridgehead atoms. The van der Waals surface area contributed by atoms with Crippen LogP contribution in [-0.4, -0.2) is 18.0 Å².